The molecule has 20 heavy (non-hydrogen) atoms. The predicted octanol–water partition coefficient (Wildman–Crippen LogP) is 3.05. The molecule has 1 heterocycles. The third-order valence-electron chi connectivity index (χ3n) is 3.09. The zero-order valence-electron chi connectivity index (χ0n) is 10.5. The van der Waals surface area contributed by atoms with E-state index >= 15 is 0 Å². The second kappa shape index (κ2) is 5.13. The Morgan fingerprint density at radius 2 is 2.00 bits per heavy atom. The first-order valence-electron chi connectivity index (χ1n) is 6.23. The fourth-order valence-electron chi connectivity index (χ4n) is 2.09. The van der Waals surface area contributed by atoms with Crippen molar-refractivity contribution >= 4 is 28.2 Å². The van der Waals surface area contributed by atoms with Crippen LogP contribution >= 0.6 is 11.3 Å². The van der Waals surface area contributed by atoms with Gasteiger partial charge in [-0.3, -0.25) is 14.9 Å². The van der Waals surface area contributed by atoms with Gasteiger partial charge in [-0.05, 0) is 37.1 Å². The molecule has 1 N–H and O–H groups in total. The molecular weight excluding hydrogens is 279 g/mol. The Hall–Kier alpha value is -2.08. The lowest BCUT2D eigenvalue weighted by Crippen LogP contribution is -2.11. The number of anilines is 1. The summed E-state index contributed by atoms with van der Waals surface area (Å²) in [7, 11) is 0. The van der Waals surface area contributed by atoms with Crippen molar-refractivity contribution < 1.29 is 14.0 Å². The molecule has 0 spiro atoms. The van der Waals surface area contributed by atoms with Crippen LogP contribution in [0.25, 0.3) is 0 Å². The number of halogens is 1. The average Bonchev–Trinajstić information content (AvgIpc) is 2.83. The molecule has 0 atom stereocenters. The van der Waals surface area contributed by atoms with E-state index in [-0.39, 0.29) is 11.7 Å². The molecule has 1 amide bonds. The Morgan fingerprint density at radius 3 is 2.70 bits per heavy atom. The highest BCUT2D eigenvalue weighted by Crippen LogP contribution is 2.29. The molecule has 102 valence electrons. The number of aryl methyl sites for hydroxylation is 1. The van der Waals surface area contributed by atoms with Crippen LogP contribution in [0.5, 0.6) is 0 Å². The van der Waals surface area contributed by atoms with Gasteiger partial charge in [0.2, 0.25) is 0 Å². The van der Waals surface area contributed by atoms with Gasteiger partial charge in [0.25, 0.3) is 5.91 Å². The van der Waals surface area contributed by atoms with Gasteiger partial charge in [0.15, 0.2) is 10.9 Å². The minimum absolute atomic E-state index is 0.0889. The van der Waals surface area contributed by atoms with E-state index in [0.717, 1.165) is 18.5 Å². The molecule has 1 aromatic heterocycles. The summed E-state index contributed by atoms with van der Waals surface area (Å²) in [5.74, 6) is -0.661. The molecular formula is C14H11FN2O2S. The van der Waals surface area contributed by atoms with Gasteiger partial charge in [0.1, 0.15) is 5.82 Å². The lowest BCUT2D eigenvalue weighted by atomic mass is 10.0. The van der Waals surface area contributed by atoms with E-state index in [4.69, 9.17) is 0 Å². The quantitative estimate of drug-likeness (QED) is 0.924. The Morgan fingerprint density at radius 1 is 1.25 bits per heavy atom. The van der Waals surface area contributed by atoms with Gasteiger partial charge in [-0.2, -0.15) is 0 Å². The lowest BCUT2D eigenvalue weighted by Gasteiger charge is -2.05. The molecule has 3 rings (SSSR count). The first-order chi connectivity index (χ1) is 9.63. The van der Waals surface area contributed by atoms with Gasteiger partial charge < -0.3 is 0 Å². The number of ketones is 1. The number of nitrogens with zero attached hydrogens (tertiary/aromatic N) is 1. The molecule has 0 aliphatic heterocycles. The monoisotopic (exact) mass is 290 g/mol. The number of nitrogens with one attached hydrogen (secondary N) is 1. The first kappa shape index (κ1) is 12.9. The summed E-state index contributed by atoms with van der Waals surface area (Å²) in [5, 5.41) is 3.07. The fourth-order valence-corrected chi connectivity index (χ4v) is 3.07. The smallest absolute Gasteiger partial charge is 0.257 e. The van der Waals surface area contributed by atoms with Crippen LogP contribution in [-0.4, -0.2) is 16.7 Å². The summed E-state index contributed by atoms with van der Waals surface area (Å²) >= 11 is 1.20. The van der Waals surface area contributed by atoms with Gasteiger partial charge in [-0.1, -0.05) is 11.3 Å². The number of Topliss-reactive ketones (excluding diaryl/α,β-unsaturated/α-hetero) is 1. The molecule has 1 aromatic carbocycles. The Balaban J connectivity index is 1.79. The maximum atomic E-state index is 12.8. The number of rotatable bonds is 2. The average molecular weight is 290 g/mol. The second-order valence-corrected chi connectivity index (χ2v) is 5.53. The maximum Gasteiger partial charge on any atom is 0.257 e. The molecule has 0 unspecified atom stereocenters. The standard InChI is InChI=1S/C14H11FN2O2S/c15-9-6-4-8(5-7-9)13(19)17-14-16-10-2-1-3-11(18)12(10)20-14/h4-7H,1-3H2,(H,16,17,19). The number of carbonyl (C=O) groups excluding carboxylic acids is 2. The molecule has 0 bridgehead atoms. The normalized spacial score (nSPS) is 13.9. The van der Waals surface area contributed by atoms with Crippen molar-refractivity contribution in [2.75, 3.05) is 5.32 Å². The molecule has 1 aliphatic carbocycles. The molecule has 0 fully saturated rings. The molecule has 0 saturated carbocycles. The van der Waals surface area contributed by atoms with Crippen LogP contribution in [0.1, 0.15) is 38.6 Å². The highest BCUT2D eigenvalue weighted by Gasteiger charge is 2.22. The van der Waals surface area contributed by atoms with Gasteiger partial charge in [-0.15, -0.1) is 0 Å². The molecule has 1 aliphatic rings. The Bertz CT molecular complexity index is 679. The first-order valence-corrected chi connectivity index (χ1v) is 7.05. The van der Waals surface area contributed by atoms with Crippen LogP contribution in [0.2, 0.25) is 0 Å². The number of hydrogen-bond acceptors (Lipinski definition) is 4. The van der Waals surface area contributed by atoms with E-state index in [1.165, 1.54) is 35.6 Å². The third-order valence-corrected chi connectivity index (χ3v) is 4.15. The van der Waals surface area contributed by atoms with Crippen molar-refractivity contribution in [3.8, 4) is 0 Å². The van der Waals surface area contributed by atoms with Crippen LogP contribution in [0.3, 0.4) is 0 Å². The number of carbonyl (C=O) groups is 2. The topological polar surface area (TPSA) is 59.1 Å². The Kier molecular flexibility index (Phi) is 3.31. The van der Waals surface area contributed by atoms with Crippen molar-refractivity contribution in [3.05, 3.63) is 46.2 Å². The van der Waals surface area contributed by atoms with Crippen molar-refractivity contribution in [1.82, 2.24) is 4.98 Å². The minimum Gasteiger partial charge on any atom is -0.298 e. The van der Waals surface area contributed by atoms with E-state index in [0.29, 0.717) is 22.0 Å². The highest BCUT2D eigenvalue weighted by molar-refractivity contribution is 7.17. The van der Waals surface area contributed by atoms with E-state index in [1.807, 2.05) is 0 Å². The van der Waals surface area contributed by atoms with E-state index in [9.17, 15) is 14.0 Å². The van der Waals surface area contributed by atoms with Gasteiger partial charge in [0.05, 0.1) is 10.6 Å². The fraction of sp³-hybridized carbons (Fsp3) is 0.214. The van der Waals surface area contributed by atoms with Crippen molar-refractivity contribution in [1.29, 1.82) is 0 Å². The van der Waals surface area contributed by atoms with E-state index in [1.54, 1.807) is 0 Å². The van der Waals surface area contributed by atoms with Crippen LogP contribution in [0.15, 0.2) is 24.3 Å². The van der Waals surface area contributed by atoms with Gasteiger partial charge >= 0.3 is 0 Å². The summed E-state index contributed by atoms with van der Waals surface area (Å²) < 4.78 is 12.8. The van der Waals surface area contributed by atoms with Crippen molar-refractivity contribution in [2.24, 2.45) is 0 Å². The van der Waals surface area contributed by atoms with Gasteiger partial charge in [-0.25, -0.2) is 9.37 Å². The van der Waals surface area contributed by atoms with E-state index < -0.39 is 5.82 Å². The zero-order chi connectivity index (χ0) is 14.1. The molecule has 2 aromatic rings. The molecule has 6 heteroatoms. The molecule has 0 saturated heterocycles. The summed E-state index contributed by atoms with van der Waals surface area (Å²) in [6.07, 6.45) is 2.12. The molecule has 4 nitrogen and oxygen atoms in total. The van der Waals surface area contributed by atoms with Crippen LogP contribution in [-0.2, 0) is 6.42 Å². The zero-order valence-corrected chi connectivity index (χ0v) is 11.3. The molecule has 0 radical (unpaired) electrons. The van der Waals surface area contributed by atoms with E-state index in [2.05, 4.69) is 10.3 Å². The summed E-state index contributed by atoms with van der Waals surface area (Å²) in [6, 6.07) is 5.27. The van der Waals surface area contributed by atoms with Crippen LogP contribution in [0, 0.1) is 5.82 Å². The lowest BCUT2D eigenvalue weighted by molar-refractivity contribution is 0.0975. The summed E-state index contributed by atoms with van der Waals surface area (Å²) in [4.78, 5) is 28.6. The number of hydrogen-bond donors (Lipinski definition) is 1. The number of amides is 1. The number of benzene rings is 1. The van der Waals surface area contributed by atoms with Crippen molar-refractivity contribution in [3.63, 3.8) is 0 Å². The third kappa shape index (κ3) is 2.46. The van der Waals surface area contributed by atoms with Gasteiger partial charge in [0, 0.05) is 12.0 Å². The minimum atomic E-state index is -0.392. The second-order valence-electron chi connectivity index (χ2n) is 4.53. The maximum absolute atomic E-state index is 12.8. The predicted molar refractivity (Wildman–Crippen MR) is 73.7 cm³/mol. The number of thiazole rings is 1. The largest absolute Gasteiger partial charge is 0.298 e. The summed E-state index contributed by atoms with van der Waals surface area (Å²) in [5.41, 5.74) is 1.12. The highest BCUT2D eigenvalue weighted by atomic mass is 32.1. The SMILES string of the molecule is O=C(Nc1nc2c(s1)C(=O)CCC2)c1ccc(F)cc1. The Labute approximate surface area is 118 Å². The number of fused-ring (bicyclic) bond motifs is 1. The van der Waals surface area contributed by atoms with Crippen molar-refractivity contribution in [2.45, 2.75) is 19.3 Å². The van der Waals surface area contributed by atoms with Crippen LogP contribution in [0.4, 0.5) is 9.52 Å². The van der Waals surface area contributed by atoms with Crippen LogP contribution < -0.4 is 5.32 Å². The number of aromatic nitrogens is 1. The summed E-state index contributed by atoms with van der Waals surface area (Å²) in [6.45, 7) is 0.